The van der Waals surface area contributed by atoms with Crippen molar-refractivity contribution in [3.63, 3.8) is 0 Å². The number of alkyl halides is 3. The average molecular weight is 286 g/mol. The van der Waals surface area contributed by atoms with Crippen molar-refractivity contribution in [3.8, 4) is 5.75 Å². The van der Waals surface area contributed by atoms with Crippen molar-refractivity contribution >= 4 is 10.9 Å². The van der Waals surface area contributed by atoms with Crippen LogP contribution in [0.15, 0.2) is 18.3 Å². The van der Waals surface area contributed by atoms with Crippen molar-refractivity contribution in [1.29, 1.82) is 0 Å². The van der Waals surface area contributed by atoms with Crippen LogP contribution in [-0.4, -0.2) is 21.5 Å². The number of halogens is 3. The second-order valence-electron chi connectivity index (χ2n) is 4.80. The molecule has 1 aliphatic rings. The maximum absolute atomic E-state index is 12.7. The summed E-state index contributed by atoms with van der Waals surface area (Å²) in [4.78, 5) is 0. The van der Waals surface area contributed by atoms with E-state index in [9.17, 15) is 18.3 Å². The van der Waals surface area contributed by atoms with Gasteiger partial charge < -0.3 is 9.84 Å². The summed E-state index contributed by atoms with van der Waals surface area (Å²) >= 11 is 0. The zero-order chi connectivity index (χ0) is 14.3. The molecule has 1 saturated heterocycles. The minimum Gasteiger partial charge on any atom is -0.507 e. The largest absolute Gasteiger partial charge is 0.507 e. The highest BCUT2D eigenvalue weighted by Gasteiger charge is 2.35. The van der Waals surface area contributed by atoms with E-state index in [2.05, 4.69) is 5.10 Å². The summed E-state index contributed by atoms with van der Waals surface area (Å²) in [5.41, 5.74) is -0.600. The number of nitrogens with zero attached hydrogens (tertiary/aromatic N) is 2. The molecule has 20 heavy (non-hydrogen) atoms. The molecule has 108 valence electrons. The van der Waals surface area contributed by atoms with Crippen LogP contribution in [0.1, 0.15) is 31.1 Å². The summed E-state index contributed by atoms with van der Waals surface area (Å²) in [6.07, 6.45) is -0.895. The van der Waals surface area contributed by atoms with Gasteiger partial charge in [-0.15, -0.1) is 0 Å². The van der Waals surface area contributed by atoms with Gasteiger partial charge in [-0.05, 0) is 31.4 Å². The van der Waals surface area contributed by atoms with E-state index in [1.54, 1.807) is 0 Å². The van der Waals surface area contributed by atoms with Crippen molar-refractivity contribution in [3.05, 3.63) is 23.9 Å². The van der Waals surface area contributed by atoms with Crippen molar-refractivity contribution in [2.24, 2.45) is 0 Å². The van der Waals surface area contributed by atoms with E-state index in [0.717, 1.165) is 25.3 Å². The molecule has 0 bridgehead atoms. The van der Waals surface area contributed by atoms with E-state index in [1.807, 2.05) is 0 Å². The molecule has 1 unspecified atom stereocenters. The Bertz CT molecular complexity index is 630. The molecular weight excluding hydrogens is 273 g/mol. The maximum atomic E-state index is 12.7. The molecule has 4 nitrogen and oxygen atoms in total. The summed E-state index contributed by atoms with van der Waals surface area (Å²) in [6.45, 7) is 0.610. The van der Waals surface area contributed by atoms with Crippen LogP contribution >= 0.6 is 0 Å². The molecule has 1 aromatic heterocycles. The molecule has 0 aliphatic carbocycles. The molecule has 0 saturated carbocycles. The maximum Gasteiger partial charge on any atom is 0.419 e. The number of ether oxygens (including phenoxy) is 1. The Morgan fingerprint density at radius 1 is 1.30 bits per heavy atom. The molecule has 1 fully saturated rings. The lowest BCUT2D eigenvalue weighted by atomic mass is 10.1. The van der Waals surface area contributed by atoms with Crippen LogP contribution in [0.2, 0.25) is 0 Å². The molecule has 1 aromatic carbocycles. The van der Waals surface area contributed by atoms with Crippen molar-refractivity contribution in [1.82, 2.24) is 9.78 Å². The van der Waals surface area contributed by atoms with Crippen LogP contribution in [0.5, 0.6) is 5.75 Å². The zero-order valence-corrected chi connectivity index (χ0v) is 10.5. The molecule has 3 rings (SSSR count). The highest BCUT2D eigenvalue weighted by molar-refractivity contribution is 5.86. The monoisotopic (exact) mass is 286 g/mol. The smallest absolute Gasteiger partial charge is 0.419 e. The Morgan fingerprint density at radius 2 is 2.10 bits per heavy atom. The molecule has 2 aromatic rings. The van der Waals surface area contributed by atoms with Crippen LogP contribution in [0.3, 0.4) is 0 Å². The topological polar surface area (TPSA) is 47.3 Å². The zero-order valence-electron chi connectivity index (χ0n) is 10.5. The second-order valence-corrected chi connectivity index (χ2v) is 4.80. The van der Waals surface area contributed by atoms with Gasteiger partial charge in [-0.2, -0.15) is 18.3 Å². The molecule has 0 radical (unpaired) electrons. The molecule has 1 aliphatic heterocycles. The highest BCUT2D eigenvalue weighted by atomic mass is 19.4. The summed E-state index contributed by atoms with van der Waals surface area (Å²) in [7, 11) is 0. The number of phenols is 1. The first kappa shape index (κ1) is 13.2. The fourth-order valence-electron chi connectivity index (χ4n) is 2.48. The fraction of sp³-hybridized carbons (Fsp3) is 0.462. The first-order valence-corrected chi connectivity index (χ1v) is 6.36. The lowest BCUT2D eigenvalue weighted by Gasteiger charge is -2.23. The Morgan fingerprint density at radius 3 is 2.75 bits per heavy atom. The number of fused-ring (bicyclic) bond motifs is 1. The third-order valence-electron chi connectivity index (χ3n) is 3.49. The molecule has 1 atom stereocenters. The van der Waals surface area contributed by atoms with E-state index < -0.39 is 17.5 Å². The van der Waals surface area contributed by atoms with Crippen molar-refractivity contribution in [2.45, 2.75) is 31.7 Å². The number of hydrogen-bond donors (Lipinski definition) is 1. The van der Waals surface area contributed by atoms with Gasteiger partial charge in [-0.1, -0.05) is 0 Å². The second kappa shape index (κ2) is 4.66. The number of aromatic hydroxyl groups is 1. The van der Waals surface area contributed by atoms with Gasteiger partial charge in [0, 0.05) is 6.61 Å². The average Bonchev–Trinajstić information content (AvgIpc) is 2.83. The van der Waals surface area contributed by atoms with E-state index >= 15 is 0 Å². The number of hydrogen-bond acceptors (Lipinski definition) is 3. The summed E-state index contributed by atoms with van der Waals surface area (Å²) in [6, 6.07) is 2.20. The number of phenolic OH excluding ortho intramolecular Hbond substituents is 1. The number of benzene rings is 1. The van der Waals surface area contributed by atoms with Crippen LogP contribution in [0, 0.1) is 0 Å². The van der Waals surface area contributed by atoms with Crippen molar-refractivity contribution in [2.75, 3.05) is 6.61 Å². The third kappa shape index (κ3) is 2.11. The van der Waals surface area contributed by atoms with Gasteiger partial charge in [0.2, 0.25) is 0 Å². The van der Waals surface area contributed by atoms with E-state index in [4.69, 9.17) is 4.74 Å². The van der Waals surface area contributed by atoms with E-state index in [1.165, 1.54) is 16.9 Å². The van der Waals surface area contributed by atoms with Gasteiger partial charge in [0.15, 0.2) is 6.23 Å². The molecule has 1 N–H and O–H groups in total. The summed E-state index contributed by atoms with van der Waals surface area (Å²) in [5, 5.41) is 13.9. The van der Waals surface area contributed by atoms with Crippen LogP contribution < -0.4 is 0 Å². The van der Waals surface area contributed by atoms with Gasteiger partial charge in [0.05, 0.1) is 22.7 Å². The van der Waals surface area contributed by atoms with Gasteiger partial charge in [-0.25, -0.2) is 4.68 Å². The molecule has 7 heteroatoms. The quantitative estimate of drug-likeness (QED) is 0.873. The van der Waals surface area contributed by atoms with Crippen LogP contribution in [0.25, 0.3) is 10.9 Å². The highest BCUT2D eigenvalue weighted by Crippen LogP contribution is 2.40. The van der Waals surface area contributed by atoms with Crippen LogP contribution in [0.4, 0.5) is 13.2 Å². The van der Waals surface area contributed by atoms with Gasteiger partial charge in [0.1, 0.15) is 5.75 Å². The molecule has 2 heterocycles. The molecular formula is C13H13F3N2O2. The predicted molar refractivity (Wildman–Crippen MR) is 65.2 cm³/mol. The Kier molecular flexibility index (Phi) is 3.08. The minimum absolute atomic E-state index is 0.0917. The van der Waals surface area contributed by atoms with Gasteiger partial charge >= 0.3 is 6.18 Å². The van der Waals surface area contributed by atoms with Crippen molar-refractivity contribution < 1.29 is 23.0 Å². The normalized spacial score (nSPS) is 20.4. The summed E-state index contributed by atoms with van der Waals surface area (Å²) < 4.78 is 45.3. The number of aromatic nitrogens is 2. The molecule has 0 amide bonds. The lowest BCUT2D eigenvalue weighted by Crippen LogP contribution is -2.19. The SMILES string of the molecule is Oc1c(C(F)(F)F)ccc2c1cnn2C1CCCCO1. The van der Waals surface area contributed by atoms with Gasteiger partial charge in [-0.3, -0.25) is 0 Å². The fourth-order valence-corrected chi connectivity index (χ4v) is 2.48. The van der Waals surface area contributed by atoms with Gasteiger partial charge in [0.25, 0.3) is 0 Å². The minimum atomic E-state index is -4.58. The lowest BCUT2D eigenvalue weighted by molar-refractivity contribution is -0.138. The van der Waals surface area contributed by atoms with E-state index in [-0.39, 0.29) is 11.6 Å². The molecule has 0 spiro atoms. The van der Waals surface area contributed by atoms with Crippen LogP contribution in [-0.2, 0) is 10.9 Å². The first-order chi connectivity index (χ1) is 9.48. The number of rotatable bonds is 1. The Labute approximate surface area is 112 Å². The predicted octanol–water partition coefficient (Wildman–Crippen LogP) is 3.46. The Balaban J connectivity index is 2.08. The summed E-state index contributed by atoms with van der Waals surface area (Å²) in [5.74, 6) is -0.781. The first-order valence-electron chi connectivity index (χ1n) is 6.36. The Hall–Kier alpha value is -1.76. The standard InChI is InChI=1S/C13H13F3N2O2/c14-13(15,16)9-4-5-10-8(12(9)19)7-17-18(10)11-3-1-2-6-20-11/h4-5,7,11,19H,1-3,6H2. The third-order valence-corrected chi connectivity index (χ3v) is 3.49. The van der Waals surface area contributed by atoms with E-state index in [0.29, 0.717) is 12.1 Å².